The minimum absolute atomic E-state index is 0.273. The molecule has 1 saturated heterocycles. The van der Waals surface area contributed by atoms with E-state index in [0.29, 0.717) is 17.2 Å². The van der Waals surface area contributed by atoms with E-state index in [9.17, 15) is 9.18 Å². The first kappa shape index (κ1) is 14.7. The molecule has 1 aliphatic rings. The van der Waals surface area contributed by atoms with Crippen LogP contribution < -0.4 is 5.32 Å². The molecule has 1 amide bonds. The SMILES string of the molecule is O=C(Nc1cnn(CC2CCOCC2)c1)c1ccc(F)cc1. The van der Waals surface area contributed by atoms with E-state index < -0.39 is 0 Å². The van der Waals surface area contributed by atoms with E-state index in [1.807, 2.05) is 10.9 Å². The summed E-state index contributed by atoms with van der Waals surface area (Å²) in [7, 11) is 0. The van der Waals surface area contributed by atoms with Gasteiger partial charge in [0.05, 0.1) is 11.9 Å². The van der Waals surface area contributed by atoms with E-state index in [-0.39, 0.29) is 11.7 Å². The van der Waals surface area contributed by atoms with E-state index in [0.717, 1.165) is 32.6 Å². The average molecular weight is 303 g/mol. The van der Waals surface area contributed by atoms with Crippen LogP contribution in [0.1, 0.15) is 23.2 Å². The smallest absolute Gasteiger partial charge is 0.255 e. The number of hydrogen-bond acceptors (Lipinski definition) is 3. The minimum Gasteiger partial charge on any atom is -0.381 e. The van der Waals surface area contributed by atoms with Gasteiger partial charge in [0.25, 0.3) is 5.91 Å². The highest BCUT2D eigenvalue weighted by Crippen LogP contribution is 2.17. The van der Waals surface area contributed by atoms with E-state index in [2.05, 4.69) is 10.4 Å². The molecule has 3 rings (SSSR count). The predicted molar refractivity (Wildman–Crippen MR) is 80.1 cm³/mol. The first-order valence-corrected chi connectivity index (χ1v) is 7.38. The Kier molecular flexibility index (Phi) is 4.48. The van der Waals surface area contributed by atoms with Gasteiger partial charge in [-0.15, -0.1) is 0 Å². The Morgan fingerprint density at radius 1 is 1.32 bits per heavy atom. The summed E-state index contributed by atoms with van der Waals surface area (Å²) in [6, 6.07) is 5.45. The van der Waals surface area contributed by atoms with Gasteiger partial charge in [-0.25, -0.2) is 4.39 Å². The number of carbonyl (C=O) groups excluding carboxylic acids is 1. The second kappa shape index (κ2) is 6.70. The van der Waals surface area contributed by atoms with Crippen LogP contribution in [0.5, 0.6) is 0 Å². The summed E-state index contributed by atoms with van der Waals surface area (Å²) in [6.45, 7) is 2.44. The molecule has 0 unspecified atom stereocenters. The van der Waals surface area contributed by atoms with Gasteiger partial charge in [0.2, 0.25) is 0 Å². The molecule has 2 heterocycles. The second-order valence-corrected chi connectivity index (χ2v) is 5.47. The fourth-order valence-corrected chi connectivity index (χ4v) is 2.53. The van der Waals surface area contributed by atoms with Crippen molar-refractivity contribution in [3.05, 3.63) is 48.0 Å². The first-order valence-electron chi connectivity index (χ1n) is 7.38. The maximum atomic E-state index is 12.8. The van der Waals surface area contributed by atoms with Gasteiger partial charge in [-0.05, 0) is 43.0 Å². The molecule has 1 aromatic carbocycles. The largest absolute Gasteiger partial charge is 0.381 e. The molecule has 0 spiro atoms. The van der Waals surface area contributed by atoms with Crippen molar-refractivity contribution in [2.24, 2.45) is 5.92 Å². The lowest BCUT2D eigenvalue weighted by molar-refractivity contribution is 0.0601. The summed E-state index contributed by atoms with van der Waals surface area (Å²) < 4.78 is 20.0. The molecule has 1 aliphatic heterocycles. The molecule has 116 valence electrons. The van der Waals surface area contributed by atoms with Crippen LogP contribution in [0.15, 0.2) is 36.7 Å². The van der Waals surface area contributed by atoms with Crippen molar-refractivity contribution < 1.29 is 13.9 Å². The van der Waals surface area contributed by atoms with Gasteiger partial charge in [0, 0.05) is 31.5 Å². The quantitative estimate of drug-likeness (QED) is 0.945. The fraction of sp³-hybridized carbons (Fsp3) is 0.375. The van der Waals surface area contributed by atoms with Gasteiger partial charge in [-0.1, -0.05) is 0 Å². The summed E-state index contributed by atoms with van der Waals surface area (Å²) in [6.07, 6.45) is 5.52. The van der Waals surface area contributed by atoms with Gasteiger partial charge in [-0.3, -0.25) is 9.48 Å². The van der Waals surface area contributed by atoms with Crippen LogP contribution in [0, 0.1) is 11.7 Å². The van der Waals surface area contributed by atoms with Crippen LogP contribution in [0.4, 0.5) is 10.1 Å². The van der Waals surface area contributed by atoms with Gasteiger partial charge < -0.3 is 10.1 Å². The Morgan fingerprint density at radius 3 is 2.77 bits per heavy atom. The Balaban J connectivity index is 1.58. The zero-order valence-electron chi connectivity index (χ0n) is 12.2. The van der Waals surface area contributed by atoms with Crippen LogP contribution in [-0.2, 0) is 11.3 Å². The molecule has 1 N–H and O–H groups in total. The zero-order valence-corrected chi connectivity index (χ0v) is 12.2. The van der Waals surface area contributed by atoms with Crippen LogP contribution >= 0.6 is 0 Å². The van der Waals surface area contributed by atoms with Crippen molar-refractivity contribution >= 4 is 11.6 Å². The molecule has 0 saturated carbocycles. The number of carbonyl (C=O) groups is 1. The van der Waals surface area contributed by atoms with Crippen molar-refractivity contribution in [1.82, 2.24) is 9.78 Å². The molecule has 5 nitrogen and oxygen atoms in total. The number of anilines is 1. The van der Waals surface area contributed by atoms with Gasteiger partial charge in [-0.2, -0.15) is 5.10 Å². The number of hydrogen-bond donors (Lipinski definition) is 1. The number of aromatic nitrogens is 2. The second-order valence-electron chi connectivity index (χ2n) is 5.47. The molecular weight excluding hydrogens is 285 g/mol. The Labute approximate surface area is 128 Å². The number of benzene rings is 1. The number of rotatable bonds is 4. The molecule has 6 heteroatoms. The van der Waals surface area contributed by atoms with Crippen LogP contribution in [0.3, 0.4) is 0 Å². The van der Waals surface area contributed by atoms with Crippen LogP contribution in [0.2, 0.25) is 0 Å². The fourth-order valence-electron chi connectivity index (χ4n) is 2.53. The summed E-state index contributed by atoms with van der Waals surface area (Å²) in [5.74, 6) is -0.0688. The van der Waals surface area contributed by atoms with Crippen molar-refractivity contribution in [3.63, 3.8) is 0 Å². The third-order valence-corrected chi connectivity index (χ3v) is 3.78. The topological polar surface area (TPSA) is 56.2 Å². The number of halogens is 1. The lowest BCUT2D eigenvalue weighted by Crippen LogP contribution is -2.20. The third-order valence-electron chi connectivity index (χ3n) is 3.78. The highest BCUT2D eigenvalue weighted by atomic mass is 19.1. The van der Waals surface area contributed by atoms with Gasteiger partial charge >= 0.3 is 0 Å². The lowest BCUT2D eigenvalue weighted by atomic mass is 10.0. The Morgan fingerprint density at radius 2 is 2.05 bits per heavy atom. The number of nitrogens with zero attached hydrogens (tertiary/aromatic N) is 2. The molecule has 0 bridgehead atoms. The molecule has 2 aromatic rings. The first-order chi connectivity index (χ1) is 10.7. The predicted octanol–water partition coefficient (Wildman–Crippen LogP) is 2.70. The zero-order chi connectivity index (χ0) is 15.4. The van der Waals surface area contributed by atoms with Crippen molar-refractivity contribution in [2.45, 2.75) is 19.4 Å². The normalized spacial score (nSPS) is 15.7. The standard InChI is InChI=1S/C16H18FN3O2/c17-14-3-1-13(2-4-14)16(21)19-15-9-18-20(11-15)10-12-5-7-22-8-6-12/h1-4,9,11-12H,5-8,10H2,(H,19,21). The Bertz CT molecular complexity index is 633. The summed E-state index contributed by atoms with van der Waals surface area (Å²) in [5.41, 5.74) is 1.06. The molecular formula is C16H18FN3O2. The molecule has 22 heavy (non-hydrogen) atoms. The minimum atomic E-state index is -0.360. The van der Waals surface area contributed by atoms with Crippen molar-refractivity contribution in [1.29, 1.82) is 0 Å². The van der Waals surface area contributed by atoms with Gasteiger partial charge in [0.1, 0.15) is 5.82 Å². The van der Waals surface area contributed by atoms with Crippen molar-refractivity contribution in [3.8, 4) is 0 Å². The van der Waals surface area contributed by atoms with Gasteiger partial charge in [0.15, 0.2) is 0 Å². The number of nitrogens with one attached hydrogen (secondary N) is 1. The Hall–Kier alpha value is -2.21. The molecule has 1 aromatic heterocycles. The highest BCUT2D eigenvalue weighted by molar-refractivity contribution is 6.04. The highest BCUT2D eigenvalue weighted by Gasteiger charge is 2.15. The average Bonchev–Trinajstić information content (AvgIpc) is 2.96. The lowest BCUT2D eigenvalue weighted by Gasteiger charge is -2.21. The van der Waals surface area contributed by atoms with E-state index in [4.69, 9.17) is 4.74 Å². The summed E-state index contributed by atoms with van der Waals surface area (Å²) >= 11 is 0. The third kappa shape index (κ3) is 3.71. The molecule has 1 fully saturated rings. The molecule has 0 aliphatic carbocycles. The number of ether oxygens (including phenoxy) is 1. The van der Waals surface area contributed by atoms with E-state index in [1.54, 1.807) is 6.20 Å². The maximum Gasteiger partial charge on any atom is 0.255 e. The monoisotopic (exact) mass is 303 g/mol. The molecule has 0 radical (unpaired) electrons. The van der Waals surface area contributed by atoms with E-state index in [1.165, 1.54) is 24.3 Å². The van der Waals surface area contributed by atoms with Crippen molar-refractivity contribution in [2.75, 3.05) is 18.5 Å². The number of amides is 1. The summed E-state index contributed by atoms with van der Waals surface area (Å²) in [4.78, 5) is 12.0. The molecule has 0 atom stereocenters. The van der Waals surface area contributed by atoms with Crippen LogP contribution in [0.25, 0.3) is 0 Å². The van der Waals surface area contributed by atoms with E-state index >= 15 is 0 Å². The maximum absolute atomic E-state index is 12.8. The van der Waals surface area contributed by atoms with Crippen LogP contribution in [-0.4, -0.2) is 28.9 Å². The summed E-state index contributed by atoms with van der Waals surface area (Å²) in [5, 5.41) is 7.04.